The van der Waals surface area contributed by atoms with Gasteiger partial charge in [-0.05, 0) is 30.5 Å². The number of H-pyrrole nitrogens is 1. The SMILES string of the molecule is Cc1cc(Nc2cc3ccccc3c(-c3cccc(C#N)c3)n2)n[nH]1. The van der Waals surface area contributed by atoms with Crippen molar-refractivity contribution in [3.05, 3.63) is 71.9 Å². The second kappa shape index (κ2) is 6.10. The average Bonchev–Trinajstić information content (AvgIpc) is 3.06. The number of fused-ring (bicyclic) bond motifs is 1. The number of rotatable bonds is 3. The molecule has 0 spiro atoms. The topological polar surface area (TPSA) is 77.4 Å². The van der Waals surface area contributed by atoms with Gasteiger partial charge in [-0.1, -0.05) is 36.4 Å². The molecule has 4 aromatic rings. The molecule has 0 amide bonds. The fourth-order valence-electron chi connectivity index (χ4n) is 2.83. The van der Waals surface area contributed by atoms with E-state index in [1.807, 2.05) is 55.5 Å². The van der Waals surface area contributed by atoms with Crippen molar-refractivity contribution >= 4 is 22.4 Å². The predicted octanol–water partition coefficient (Wildman–Crippen LogP) is 4.55. The molecule has 0 aliphatic heterocycles. The maximum Gasteiger partial charge on any atom is 0.153 e. The normalized spacial score (nSPS) is 10.6. The Bertz CT molecular complexity index is 1100. The largest absolute Gasteiger partial charge is 0.323 e. The second-order valence-electron chi connectivity index (χ2n) is 5.83. The Labute approximate surface area is 145 Å². The lowest BCUT2D eigenvalue weighted by Gasteiger charge is -2.10. The molecule has 2 heterocycles. The molecule has 5 heteroatoms. The number of aromatic amines is 1. The zero-order valence-electron chi connectivity index (χ0n) is 13.6. The number of hydrogen-bond donors (Lipinski definition) is 2. The first-order valence-corrected chi connectivity index (χ1v) is 7.92. The van der Waals surface area contributed by atoms with E-state index >= 15 is 0 Å². The molecule has 0 atom stereocenters. The molecule has 2 aromatic carbocycles. The number of nitriles is 1. The first-order valence-electron chi connectivity index (χ1n) is 7.92. The van der Waals surface area contributed by atoms with Crippen LogP contribution in [0.25, 0.3) is 22.0 Å². The Balaban J connectivity index is 1.88. The molecule has 0 radical (unpaired) electrons. The summed E-state index contributed by atoms with van der Waals surface area (Å²) in [6.07, 6.45) is 0. The predicted molar refractivity (Wildman–Crippen MR) is 98.5 cm³/mol. The van der Waals surface area contributed by atoms with Crippen molar-refractivity contribution in [3.63, 3.8) is 0 Å². The number of aryl methyl sites for hydroxylation is 1. The molecule has 120 valence electrons. The maximum absolute atomic E-state index is 9.18. The molecule has 4 rings (SSSR count). The summed E-state index contributed by atoms with van der Waals surface area (Å²) in [6.45, 7) is 1.95. The van der Waals surface area contributed by atoms with Crippen LogP contribution < -0.4 is 5.32 Å². The van der Waals surface area contributed by atoms with Gasteiger partial charge in [-0.25, -0.2) is 4.98 Å². The molecule has 0 aliphatic rings. The molecule has 0 saturated heterocycles. The maximum atomic E-state index is 9.18. The van der Waals surface area contributed by atoms with Gasteiger partial charge in [0.1, 0.15) is 5.82 Å². The van der Waals surface area contributed by atoms with E-state index in [4.69, 9.17) is 4.98 Å². The summed E-state index contributed by atoms with van der Waals surface area (Å²) >= 11 is 0. The quantitative estimate of drug-likeness (QED) is 0.579. The van der Waals surface area contributed by atoms with E-state index in [0.717, 1.165) is 33.5 Å². The third kappa shape index (κ3) is 2.93. The van der Waals surface area contributed by atoms with E-state index < -0.39 is 0 Å². The lowest BCUT2D eigenvalue weighted by Crippen LogP contribution is -1.97. The number of benzene rings is 2. The molecule has 0 fully saturated rings. The van der Waals surface area contributed by atoms with Gasteiger partial charge in [-0.2, -0.15) is 10.4 Å². The van der Waals surface area contributed by atoms with Crippen molar-refractivity contribution in [3.8, 4) is 17.3 Å². The van der Waals surface area contributed by atoms with Crippen molar-refractivity contribution in [2.24, 2.45) is 0 Å². The Morgan fingerprint density at radius 1 is 1.00 bits per heavy atom. The second-order valence-corrected chi connectivity index (χ2v) is 5.83. The zero-order valence-corrected chi connectivity index (χ0v) is 13.6. The van der Waals surface area contributed by atoms with Gasteiger partial charge in [0.15, 0.2) is 5.82 Å². The summed E-state index contributed by atoms with van der Waals surface area (Å²) in [5, 5.41) is 21.6. The summed E-state index contributed by atoms with van der Waals surface area (Å²) in [5.41, 5.74) is 3.34. The molecule has 0 unspecified atom stereocenters. The van der Waals surface area contributed by atoms with Gasteiger partial charge in [-0.15, -0.1) is 0 Å². The van der Waals surface area contributed by atoms with E-state index in [1.54, 1.807) is 6.07 Å². The lowest BCUT2D eigenvalue weighted by molar-refractivity contribution is 1.05. The van der Waals surface area contributed by atoms with Gasteiger partial charge < -0.3 is 5.32 Å². The van der Waals surface area contributed by atoms with E-state index in [0.29, 0.717) is 11.4 Å². The molecule has 0 bridgehead atoms. The first-order chi connectivity index (χ1) is 12.2. The molecule has 0 aliphatic carbocycles. The van der Waals surface area contributed by atoms with Gasteiger partial charge in [0.25, 0.3) is 0 Å². The molecule has 2 N–H and O–H groups in total. The van der Waals surface area contributed by atoms with E-state index in [9.17, 15) is 5.26 Å². The minimum absolute atomic E-state index is 0.615. The number of pyridine rings is 1. The third-order valence-electron chi connectivity index (χ3n) is 3.97. The summed E-state index contributed by atoms with van der Waals surface area (Å²) in [4.78, 5) is 4.78. The van der Waals surface area contributed by atoms with Gasteiger partial charge >= 0.3 is 0 Å². The smallest absolute Gasteiger partial charge is 0.153 e. The summed E-state index contributed by atoms with van der Waals surface area (Å²) in [5.74, 6) is 1.43. The Hall–Kier alpha value is -3.65. The van der Waals surface area contributed by atoms with E-state index in [1.165, 1.54) is 0 Å². The van der Waals surface area contributed by atoms with Gasteiger partial charge in [0, 0.05) is 22.7 Å². The number of hydrogen-bond acceptors (Lipinski definition) is 4. The Morgan fingerprint density at radius 2 is 1.88 bits per heavy atom. The van der Waals surface area contributed by atoms with Crippen LogP contribution >= 0.6 is 0 Å². The van der Waals surface area contributed by atoms with Gasteiger partial charge in [0.05, 0.1) is 17.3 Å². The fraction of sp³-hybridized carbons (Fsp3) is 0.0500. The van der Waals surface area contributed by atoms with Crippen LogP contribution in [0.15, 0.2) is 60.7 Å². The van der Waals surface area contributed by atoms with Crippen molar-refractivity contribution in [2.45, 2.75) is 6.92 Å². The molecular weight excluding hydrogens is 310 g/mol. The van der Waals surface area contributed by atoms with Crippen LogP contribution in [0.5, 0.6) is 0 Å². The van der Waals surface area contributed by atoms with E-state index in [-0.39, 0.29) is 0 Å². The molecule has 2 aromatic heterocycles. The highest BCUT2D eigenvalue weighted by atomic mass is 15.2. The first kappa shape index (κ1) is 14.9. The van der Waals surface area contributed by atoms with Crippen LogP contribution in [0.3, 0.4) is 0 Å². The van der Waals surface area contributed by atoms with Crippen LogP contribution in [-0.4, -0.2) is 15.2 Å². The van der Waals surface area contributed by atoms with Crippen molar-refractivity contribution in [1.29, 1.82) is 5.26 Å². The van der Waals surface area contributed by atoms with E-state index in [2.05, 4.69) is 27.6 Å². The molecule has 0 saturated carbocycles. The highest BCUT2D eigenvalue weighted by Gasteiger charge is 2.10. The zero-order chi connectivity index (χ0) is 17.2. The Kier molecular flexibility index (Phi) is 3.64. The van der Waals surface area contributed by atoms with Crippen molar-refractivity contribution in [2.75, 3.05) is 5.32 Å². The van der Waals surface area contributed by atoms with Crippen LogP contribution in [0.4, 0.5) is 11.6 Å². The highest BCUT2D eigenvalue weighted by molar-refractivity contribution is 5.96. The number of nitrogens with zero attached hydrogens (tertiary/aromatic N) is 3. The standard InChI is InChI=1S/C20H15N5/c1-13-9-19(25-24-13)22-18-11-15-6-2-3-8-17(15)20(23-18)16-7-4-5-14(10-16)12-21/h2-11H,1H3,(H2,22,23,24,25). The number of aromatic nitrogens is 3. The monoisotopic (exact) mass is 325 g/mol. The van der Waals surface area contributed by atoms with Crippen LogP contribution in [-0.2, 0) is 0 Å². The summed E-state index contributed by atoms with van der Waals surface area (Å²) < 4.78 is 0. The average molecular weight is 325 g/mol. The van der Waals surface area contributed by atoms with Crippen LogP contribution in [0, 0.1) is 18.3 Å². The fourth-order valence-corrected chi connectivity index (χ4v) is 2.83. The molecule has 5 nitrogen and oxygen atoms in total. The van der Waals surface area contributed by atoms with Gasteiger partial charge in [0.2, 0.25) is 0 Å². The highest BCUT2D eigenvalue weighted by Crippen LogP contribution is 2.30. The van der Waals surface area contributed by atoms with Crippen molar-refractivity contribution < 1.29 is 0 Å². The minimum Gasteiger partial charge on any atom is -0.323 e. The van der Waals surface area contributed by atoms with Gasteiger partial charge in [-0.3, -0.25) is 5.10 Å². The van der Waals surface area contributed by atoms with Crippen LogP contribution in [0.1, 0.15) is 11.3 Å². The number of anilines is 2. The summed E-state index contributed by atoms with van der Waals surface area (Å²) in [7, 11) is 0. The van der Waals surface area contributed by atoms with Crippen LogP contribution in [0.2, 0.25) is 0 Å². The number of nitrogens with one attached hydrogen (secondary N) is 2. The lowest BCUT2D eigenvalue weighted by atomic mass is 10.0. The summed E-state index contributed by atoms with van der Waals surface area (Å²) in [6, 6.07) is 21.7. The minimum atomic E-state index is 0.615. The Morgan fingerprint density at radius 3 is 2.68 bits per heavy atom. The van der Waals surface area contributed by atoms with Crippen molar-refractivity contribution in [1.82, 2.24) is 15.2 Å². The third-order valence-corrected chi connectivity index (χ3v) is 3.97. The molecular formula is C20H15N5. The molecule has 25 heavy (non-hydrogen) atoms.